The van der Waals surface area contributed by atoms with Gasteiger partial charge in [0.2, 0.25) is 0 Å². The van der Waals surface area contributed by atoms with Crippen molar-refractivity contribution in [3.8, 4) is 0 Å². The van der Waals surface area contributed by atoms with Gasteiger partial charge in [0, 0.05) is 25.7 Å². The fraction of sp³-hybridized carbons (Fsp3) is 1.00. The summed E-state index contributed by atoms with van der Waals surface area (Å²) in [6.07, 6.45) is 4.09. The van der Waals surface area contributed by atoms with Gasteiger partial charge >= 0.3 is 0 Å². The van der Waals surface area contributed by atoms with E-state index in [1.54, 1.807) is 0 Å². The predicted octanol–water partition coefficient (Wildman–Crippen LogP) is 2.30. The van der Waals surface area contributed by atoms with Crippen LogP contribution in [0.4, 0.5) is 0 Å². The van der Waals surface area contributed by atoms with Crippen LogP contribution < -0.4 is 0 Å². The smallest absolute Gasteiger partial charge is 0.0703 e. The van der Waals surface area contributed by atoms with Crippen LogP contribution in [0, 0.1) is 5.41 Å². The Morgan fingerprint density at radius 1 is 1.24 bits per heavy atom. The molecule has 2 rings (SSSR count). The summed E-state index contributed by atoms with van der Waals surface area (Å²) in [5, 5.41) is 0. The van der Waals surface area contributed by atoms with Crippen molar-refractivity contribution < 1.29 is 9.47 Å². The molecule has 3 unspecified atom stereocenters. The van der Waals surface area contributed by atoms with Gasteiger partial charge in [0.25, 0.3) is 0 Å². The molecule has 3 atom stereocenters. The van der Waals surface area contributed by atoms with Crippen molar-refractivity contribution in [2.24, 2.45) is 5.41 Å². The van der Waals surface area contributed by atoms with E-state index in [1.807, 2.05) is 7.11 Å². The maximum atomic E-state index is 5.67. The van der Waals surface area contributed by atoms with Crippen LogP contribution in [0.3, 0.4) is 0 Å². The van der Waals surface area contributed by atoms with Crippen LogP contribution in [0.15, 0.2) is 0 Å². The van der Waals surface area contributed by atoms with Crippen LogP contribution in [-0.4, -0.2) is 50.0 Å². The summed E-state index contributed by atoms with van der Waals surface area (Å²) in [4.78, 5) is 2.63. The number of nitrogens with zero attached hydrogens (tertiary/aromatic N) is 1. The largest absolute Gasteiger partial charge is 0.380 e. The van der Waals surface area contributed by atoms with Gasteiger partial charge in [-0.1, -0.05) is 20.8 Å². The fourth-order valence-electron chi connectivity index (χ4n) is 3.15. The van der Waals surface area contributed by atoms with Crippen molar-refractivity contribution in [1.82, 2.24) is 4.90 Å². The number of rotatable bonds is 4. The first-order valence-corrected chi connectivity index (χ1v) is 6.86. The Balaban J connectivity index is 1.90. The van der Waals surface area contributed by atoms with E-state index in [2.05, 4.69) is 25.7 Å². The van der Waals surface area contributed by atoms with Crippen LogP contribution in [0.5, 0.6) is 0 Å². The van der Waals surface area contributed by atoms with Crippen LogP contribution in [-0.2, 0) is 9.47 Å². The quantitative estimate of drug-likeness (QED) is 0.754. The monoisotopic (exact) mass is 241 g/mol. The van der Waals surface area contributed by atoms with E-state index in [0.29, 0.717) is 23.6 Å². The van der Waals surface area contributed by atoms with Gasteiger partial charge in [-0.3, -0.25) is 4.90 Å². The summed E-state index contributed by atoms with van der Waals surface area (Å²) in [6.45, 7) is 9.77. The van der Waals surface area contributed by atoms with Crippen molar-refractivity contribution in [3.63, 3.8) is 0 Å². The molecule has 17 heavy (non-hydrogen) atoms. The average molecular weight is 241 g/mol. The number of methoxy groups -OCH3 is 1. The average Bonchev–Trinajstić information content (AvgIpc) is 2.49. The fourth-order valence-corrected chi connectivity index (χ4v) is 3.15. The Labute approximate surface area is 105 Å². The van der Waals surface area contributed by atoms with E-state index in [-0.39, 0.29) is 0 Å². The topological polar surface area (TPSA) is 21.7 Å². The van der Waals surface area contributed by atoms with E-state index < -0.39 is 0 Å². The lowest BCUT2D eigenvalue weighted by Crippen LogP contribution is -2.49. The highest BCUT2D eigenvalue weighted by molar-refractivity contribution is 4.92. The third kappa shape index (κ3) is 3.43. The predicted molar refractivity (Wildman–Crippen MR) is 69.2 cm³/mol. The van der Waals surface area contributed by atoms with Crippen LogP contribution in [0.25, 0.3) is 0 Å². The third-order valence-electron chi connectivity index (χ3n) is 3.98. The molecule has 0 radical (unpaired) electrons. The second-order valence-corrected chi connectivity index (χ2v) is 6.74. The first kappa shape index (κ1) is 13.3. The van der Waals surface area contributed by atoms with Crippen molar-refractivity contribution in [3.05, 3.63) is 0 Å². The number of hydrogen-bond donors (Lipinski definition) is 0. The minimum Gasteiger partial charge on any atom is -0.380 e. The lowest BCUT2D eigenvalue weighted by Gasteiger charge is -2.37. The molecule has 0 amide bonds. The first-order valence-electron chi connectivity index (χ1n) is 6.86. The maximum absolute atomic E-state index is 5.67. The second kappa shape index (κ2) is 5.25. The van der Waals surface area contributed by atoms with E-state index in [9.17, 15) is 0 Å². The zero-order valence-corrected chi connectivity index (χ0v) is 11.7. The highest BCUT2D eigenvalue weighted by Gasteiger charge is 2.38. The molecule has 2 fully saturated rings. The Hall–Kier alpha value is -0.120. The Morgan fingerprint density at radius 3 is 2.29 bits per heavy atom. The van der Waals surface area contributed by atoms with Gasteiger partial charge in [0.05, 0.1) is 19.3 Å². The zero-order chi connectivity index (χ0) is 12.5. The summed E-state index contributed by atoms with van der Waals surface area (Å²) in [5.41, 5.74) is 0.339. The highest BCUT2D eigenvalue weighted by Crippen LogP contribution is 2.30. The van der Waals surface area contributed by atoms with Gasteiger partial charge in [-0.25, -0.2) is 0 Å². The minimum atomic E-state index is 0.339. The summed E-state index contributed by atoms with van der Waals surface area (Å²) < 4.78 is 11.3. The molecule has 0 N–H and O–H groups in total. The SMILES string of the molecule is COC(CN1C2CCC1COC2)CC(C)(C)C. The number of hydrogen-bond acceptors (Lipinski definition) is 3. The van der Waals surface area contributed by atoms with Gasteiger partial charge in [-0.2, -0.15) is 0 Å². The molecular weight excluding hydrogens is 214 g/mol. The summed E-state index contributed by atoms with van der Waals surface area (Å²) in [7, 11) is 1.85. The van der Waals surface area contributed by atoms with Crippen molar-refractivity contribution in [2.75, 3.05) is 26.9 Å². The number of fused-ring (bicyclic) bond motifs is 2. The third-order valence-corrected chi connectivity index (χ3v) is 3.98. The molecule has 2 bridgehead atoms. The Morgan fingerprint density at radius 2 is 1.82 bits per heavy atom. The second-order valence-electron chi connectivity index (χ2n) is 6.74. The van der Waals surface area contributed by atoms with Gasteiger partial charge in [0.15, 0.2) is 0 Å². The molecule has 2 saturated heterocycles. The molecule has 100 valence electrons. The lowest BCUT2D eigenvalue weighted by molar-refractivity contribution is -0.0465. The molecular formula is C14H27NO2. The molecule has 3 nitrogen and oxygen atoms in total. The molecule has 0 aromatic carbocycles. The minimum absolute atomic E-state index is 0.339. The molecule has 2 aliphatic rings. The van der Waals surface area contributed by atoms with Crippen LogP contribution in [0.1, 0.15) is 40.0 Å². The normalized spacial score (nSPS) is 31.8. The maximum Gasteiger partial charge on any atom is 0.0703 e. The highest BCUT2D eigenvalue weighted by atomic mass is 16.5. The Kier molecular flexibility index (Phi) is 4.11. The van der Waals surface area contributed by atoms with Crippen LogP contribution in [0.2, 0.25) is 0 Å². The van der Waals surface area contributed by atoms with Crippen LogP contribution >= 0.6 is 0 Å². The van der Waals surface area contributed by atoms with E-state index >= 15 is 0 Å². The van der Waals surface area contributed by atoms with Gasteiger partial charge in [-0.05, 0) is 24.7 Å². The summed E-state index contributed by atoms with van der Waals surface area (Å²) in [6, 6.07) is 1.29. The van der Waals surface area contributed by atoms with E-state index in [4.69, 9.17) is 9.47 Å². The van der Waals surface area contributed by atoms with Gasteiger partial charge in [-0.15, -0.1) is 0 Å². The molecule has 0 aromatic heterocycles. The Bertz CT molecular complexity index is 233. The molecule has 0 saturated carbocycles. The molecule has 2 heterocycles. The van der Waals surface area contributed by atoms with E-state index in [0.717, 1.165) is 26.2 Å². The van der Waals surface area contributed by atoms with Gasteiger partial charge < -0.3 is 9.47 Å². The van der Waals surface area contributed by atoms with E-state index in [1.165, 1.54) is 12.8 Å². The van der Waals surface area contributed by atoms with Gasteiger partial charge in [0.1, 0.15) is 0 Å². The molecule has 0 spiro atoms. The summed E-state index contributed by atoms with van der Waals surface area (Å²) >= 11 is 0. The standard InChI is InChI=1S/C14H27NO2/c1-14(2,3)7-13(16-4)8-15-11-5-6-12(15)10-17-9-11/h11-13H,5-10H2,1-4H3. The molecule has 0 aromatic rings. The summed E-state index contributed by atoms with van der Waals surface area (Å²) in [5.74, 6) is 0. The zero-order valence-electron chi connectivity index (χ0n) is 11.7. The molecule has 3 heteroatoms. The number of morpholine rings is 1. The van der Waals surface area contributed by atoms with Crippen molar-refractivity contribution in [2.45, 2.75) is 58.2 Å². The first-order chi connectivity index (χ1) is 7.99. The van der Waals surface area contributed by atoms with Crippen molar-refractivity contribution >= 4 is 0 Å². The van der Waals surface area contributed by atoms with Crippen molar-refractivity contribution in [1.29, 1.82) is 0 Å². The lowest BCUT2D eigenvalue weighted by atomic mass is 9.89. The molecule has 0 aliphatic carbocycles. The molecule has 2 aliphatic heterocycles. The number of ether oxygens (including phenoxy) is 2.